The van der Waals surface area contributed by atoms with E-state index in [2.05, 4.69) is 46.0 Å². The molecule has 1 unspecified atom stereocenters. The molecule has 0 aliphatic rings. The molecule has 110 valence electrons. The first-order chi connectivity index (χ1) is 8.90. The Kier molecular flexibility index (Phi) is 6.59. The quantitative estimate of drug-likeness (QED) is 0.769. The van der Waals surface area contributed by atoms with Gasteiger partial charge in [0, 0.05) is 24.3 Å². The van der Waals surface area contributed by atoms with E-state index in [-0.39, 0.29) is 5.54 Å². The van der Waals surface area contributed by atoms with Gasteiger partial charge >= 0.3 is 0 Å². The fraction of sp³-hybridized carbons (Fsp3) is 0.750. The maximum atomic E-state index is 5.68. The highest BCUT2D eigenvalue weighted by molar-refractivity contribution is 5.12. The van der Waals surface area contributed by atoms with Crippen LogP contribution in [0.4, 0.5) is 0 Å². The first-order valence-corrected chi connectivity index (χ1v) is 7.29. The van der Waals surface area contributed by atoms with Crippen LogP contribution in [0.3, 0.4) is 0 Å². The maximum Gasteiger partial charge on any atom is 0.129 e. The second-order valence-corrected chi connectivity index (χ2v) is 6.43. The third-order valence-corrected chi connectivity index (χ3v) is 2.96. The third kappa shape index (κ3) is 7.38. The molecule has 0 amide bonds. The number of hydrogen-bond donors (Lipinski definition) is 1. The largest absolute Gasteiger partial charge is 0.467 e. The molecule has 1 rings (SSSR count). The molecule has 3 heteroatoms. The zero-order chi connectivity index (χ0) is 14.3. The molecule has 3 nitrogen and oxygen atoms in total. The standard InChI is InChI=1S/C16H29NO2/c1-6-7-13(2)10-18-12-15-8-14(11-19-15)9-17-16(3,4)5/h8,11,13,17H,6-7,9-10,12H2,1-5H3. The summed E-state index contributed by atoms with van der Waals surface area (Å²) in [5.74, 6) is 1.54. The van der Waals surface area contributed by atoms with Crippen molar-refractivity contribution in [3.8, 4) is 0 Å². The summed E-state index contributed by atoms with van der Waals surface area (Å²) in [7, 11) is 0. The van der Waals surface area contributed by atoms with Crippen molar-refractivity contribution < 1.29 is 9.15 Å². The summed E-state index contributed by atoms with van der Waals surface area (Å²) in [6.45, 7) is 13.1. The molecule has 1 N–H and O–H groups in total. The van der Waals surface area contributed by atoms with E-state index in [1.807, 2.05) is 6.26 Å². The number of hydrogen-bond acceptors (Lipinski definition) is 3. The van der Waals surface area contributed by atoms with Crippen LogP contribution in [-0.2, 0) is 17.9 Å². The Hall–Kier alpha value is -0.800. The lowest BCUT2D eigenvalue weighted by Crippen LogP contribution is -2.34. The highest BCUT2D eigenvalue weighted by Crippen LogP contribution is 2.12. The number of nitrogens with one attached hydrogen (secondary N) is 1. The third-order valence-electron chi connectivity index (χ3n) is 2.96. The van der Waals surface area contributed by atoms with Gasteiger partial charge in [0.25, 0.3) is 0 Å². The topological polar surface area (TPSA) is 34.4 Å². The van der Waals surface area contributed by atoms with E-state index in [9.17, 15) is 0 Å². The lowest BCUT2D eigenvalue weighted by molar-refractivity contribution is 0.0776. The molecule has 0 fully saturated rings. The predicted octanol–water partition coefficient (Wildman–Crippen LogP) is 4.12. The molecule has 0 radical (unpaired) electrons. The molecule has 1 aromatic heterocycles. The van der Waals surface area contributed by atoms with Crippen molar-refractivity contribution in [2.45, 2.75) is 66.2 Å². The molecule has 0 saturated heterocycles. The molecule has 1 aromatic rings. The van der Waals surface area contributed by atoms with E-state index in [1.165, 1.54) is 18.4 Å². The monoisotopic (exact) mass is 267 g/mol. The summed E-state index contributed by atoms with van der Waals surface area (Å²) in [4.78, 5) is 0. The molecular formula is C16H29NO2. The van der Waals surface area contributed by atoms with E-state index >= 15 is 0 Å². The molecule has 1 heterocycles. The average Bonchev–Trinajstić information content (AvgIpc) is 2.74. The van der Waals surface area contributed by atoms with Crippen molar-refractivity contribution in [2.24, 2.45) is 5.92 Å². The molecule has 19 heavy (non-hydrogen) atoms. The number of ether oxygens (including phenoxy) is 1. The minimum Gasteiger partial charge on any atom is -0.467 e. The van der Waals surface area contributed by atoms with E-state index in [0.717, 1.165) is 18.9 Å². The van der Waals surface area contributed by atoms with Crippen LogP contribution < -0.4 is 5.32 Å². The molecule has 0 aromatic carbocycles. The Morgan fingerprint density at radius 2 is 2.11 bits per heavy atom. The average molecular weight is 267 g/mol. The van der Waals surface area contributed by atoms with Crippen LogP contribution in [0.2, 0.25) is 0 Å². The second kappa shape index (κ2) is 7.71. The highest BCUT2D eigenvalue weighted by Gasteiger charge is 2.10. The number of furan rings is 1. The molecular weight excluding hydrogens is 238 g/mol. The van der Waals surface area contributed by atoms with Crippen LogP contribution in [0.25, 0.3) is 0 Å². The van der Waals surface area contributed by atoms with Gasteiger partial charge < -0.3 is 14.5 Å². The summed E-state index contributed by atoms with van der Waals surface area (Å²) in [5.41, 5.74) is 1.30. The summed E-state index contributed by atoms with van der Waals surface area (Å²) in [5, 5.41) is 3.44. The molecule has 0 aliphatic carbocycles. The smallest absolute Gasteiger partial charge is 0.129 e. The van der Waals surface area contributed by atoms with Gasteiger partial charge in [0.15, 0.2) is 0 Å². The van der Waals surface area contributed by atoms with Crippen molar-refractivity contribution in [3.63, 3.8) is 0 Å². The fourth-order valence-electron chi connectivity index (χ4n) is 1.90. The van der Waals surface area contributed by atoms with E-state index in [0.29, 0.717) is 12.5 Å². The highest BCUT2D eigenvalue weighted by atomic mass is 16.5. The first-order valence-electron chi connectivity index (χ1n) is 7.29. The van der Waals surface area contributed by atoms with E-state index < -0.39 is 0 Å². The fourth-order valence-corrected chi connectivity index (χ4v) is 1.90. The van der Waals surface area contributed by atoms with E-state index in [1.54, 1.807) is 0 Å². The number of rotatable bonds is 8. The van der Waals surface area contributed by atoms with Crippen molar-refractivity contribution in [1.29, 1.82) is 0 Å². The summed E-state index contributed by atoms with van der Waals surface area (Å²) < 4.78 is 11.2. The van der Waals surface area contributed by atoms with Crippen LogP contribution in [0.15, 0.2) is 16.7 Å². The van der Waals surface area contributed by atoms with Crippen LogP contribution in [0.5, 0.6) is 0 Å². The summed E-state index contributed by atoms with van der Waals surface area (Å²) >= 11 is 0. The van der Waals surface area contributed by atoms with Gasteiger partial charge in [0.05, 0.1) is 6.26 Å². The zero-order valence-corrected chi connectivity index (χ0v) is 13.1. The van der Waals surface area contributed by atoms with Gasteiger partial charge in [-0.2, -0.15) is 0 Å². The minimum absolute atomic E-state index is 0.128. The minimum atomic E-state index is 0.128. The van der Waals surface area contributed by atoms with Crippen LogP contribution in [-0.4, -0.2) is 12.1 Å². The molecule has 0 aliphatic heterocycles. The predicted molar refractivity (Wildman–Crippen MR) is 79.0 cm³/mol. The van der Waals surface area contributed by atoms with Crippen LogP contribution in [0, 0.1) is 5.92 Å². The van der Waals surface area contributed by atoms with Gasteiger partial charge in [-0.05, 0) is 39.2 Å². The SMILES string of the molecule is CCCC(C)COCc1cc(CNC(C)(C)C)co1. The Bertz CT molecular complexity index is 352. The molecule has 0 saturated carbocycles. The first kappa shape index (κ1) is 16.3. The molecule has 0 spiro atoms. The zero-order valence-electron chi connectivity index (χ0n) is 13.1. The van der Waals surface area contributed by atoms with Crippen LogP contribution >= 0.6 is 0 Å². The van der Waals surface area contributed by atoms with Gasteiger partial charge in [0.2, 0.25) is 0 Å². The van der Waals surface area contributed by atoms with Gasteiger partial charge in [-0.15, -0.1) is 0 Å². The van der Waals surface area contributed by atoms with Crippen molar-refractivity contribution in [2.75, 3.05) is 6.61 Å². The van der Waals surface area contributed by atoms with Crippen molar-refractivity contribution in [1.82, 2.24) is 5.32 Å². The normalized spacial score (nSPS) is 13.7. The molecule has 0 bridgehead atoms. The van der Waals surface area contributed by atoms with Gasteiger partial charge in [-0.25, -0.2) is 0 Å². The van der Waals surface area contributed by atoms with Crippen molar-refractivity contribution in [3.05, 3.63) is 23.7 Å². The Morgan fingerprint density at radius 1 is 1.37 bits per heavy atom. The lowest BCUT2D eigenvalue weighted by atomic mass is 10.1. The Morgan fingerprint density at radius 3 is 2.74 bits per heavy atom. The summed E-state index contributed by atoms with van der Waals surface area (Å²) in [6, 6.07) is 2.07. The molecule has 1 atom stereocenters. The Labute approximate surface area is 117 Å². The summed E-state index contributed by atoms with van der Waals surface area (Å²) in [6.07, 6.45) is 4.25. The second-order valence-electron chi connectivity index (χ2n) is 6.43. The Balaban J connectivity index is 2.27. The van der Waals surface area contributed by atoms with E-state index in [4.69, 9.17) is 9.15 Å². The van der Waals surface area contributed by atoms with Crippen molar-refractivity contribution >= 4 is 0 Å². The van der Waals surface area contributed by atoms with Gasteiger partial charge in [-0.1, -0.05) is 20.3 Å². The maximum absolute atomic E-state index is 5.68. The van der Waals surface area contributed by atoms with Gasteiger partial charge in [-0.3, -0.25) is 0 Å². The lowest BCUT2D eigenvalue weighted by Gasteiger charge is -2.19. The van der Waals surface area contributed by atoms with Gasteiger partial charge in [0.1, 0.15) is 12.4 Å². The van der Waals surface area contributed by atoms with Crippen LogP contribution in [0.1, 0.15) is 58.8 Å².